The summed E-state index contributed by atoms with van der Waals surface area (Å²) in [6.45, 7) is 2.22. The molecule has 1 aromatic heterocycles. The van der Waals surface area contributed by atoms with Gasteiger partial charge in [0.05, 0.1) is 19.6 Å². The van der Waals surface area contributed by atoms with Gasteiger partial charge in [-0.3, -0.25) is 9.59 Å². The minimum Gasteiger partial charge on any atom is -0.469 e. The highest BCUT2D eigenvalue weighted by Crippen LogP contribution is 2.20. The van der Waals surface area contributed by atoms with Crippen LogP contribution in [0.2, 0.25) is 0 Å². The van der Waals surface area contributed by atoms with Crippen molar-refractivity contribution in [3.05, 3.63) is 24.0 Å². The third-order valence-corrected chi connectivity index (χ3v) is 3.59. The lowest BCUT2D eigenvalue weighted by Gasteiger charge is -2.17. The molecular weight excluding hydrogens is 260 g/mol. The molecule has 6 heteroatoms. The molecule has 6 nitrogen and oxygen atoms in total. The third-order valence-electron chi connectivity index (χ3n) is 3.59. The van der Waals surface area contributed by atoms with Gasteiger partial charge in [-0.2, -0.15) is 0 Å². The molecule has 0 aromatic carbocycles. The third kappa shape index (κ3) is 3.01. The molecule has 0 bridgehead atoms. The van der Waals surface area contributed by atoms with Crippen LogP contribution in [0.5, 0.6) is 0 Å². The second-order valence-corrected chi connectivity index (χ2v) is 4.84. The Morgan fingerprint density at radius 3 is 2.90 bits per heavy atom. The number of aromatic nitrogens is 1. The SMILES string of the molecule is COCCn1cccc1C(=O)N1CCC(C(=O)OC)C1. The fraction of sp³-hybridized carbons (Fsp3) is 0.571. The molecule has 0 saturated carbocycles. The van der Waals surface area contributed by atoms with E-state index in [4.69, 9.17) is 9.47 Å². The highest BCUT2D eigenvalue weighted by Gasteiger charge is 2.32. The fourth-order valence-corrected chi connectivity index (χ4v) is 2.46. The zero-order valence-electron chi connectivity index (χ0n) is 11.9. The smallest absolute Gasteiger partial charge is 0.310 e. The van der Waals surface area contributed by atoms with Gasteiger partial charge in [-0.1, -0.05) is 0 Å². The van der Waals surface area contributed by atoms with Gasteiger partial charge in [-0.15, -0.1) is 0 Å². The maximum atomic E-state index is 12.5. The molecule has 1 fully saturated rings. The van der Waals surface area contributed by atoms with Gasteiger partial charge >= 0.3 is 5.97 Å². The summed E-state index contributed by atoms with van der Waals surface area (Å²) in [7, 11) is 3.01. The molecule has 0 spiro atoms. The Kier molecular flexibility index (Phi) is 4.79. The maximum absolute atomic E-state index is 12.5. The first-order chi connectivity index (χ1) is 9.67. The van der Waals surface area contributed by atoms with Gasteiger partial charge in [-0.25, -0.2) is 0 Å². The summed E-state index contributed by atoms with van der Waals surface area (Å²) >= 11 is 0. The summed E-state index contributed by atoms with van der Waals surface area (Å²) in [6, 6.07) is 3.64. The Hall–Kier alpha value is -1.82. The quantitative estimate of drug-likeness (QED) is 0.747. The zero-order chi connectivity index (χ0) is 14.5. The van der Waals surface area contributed by atoms with E-state index in [1.807, 2.05) is 16.8 Å². The monoisotopic (exact) mass is 280 g/mol. The zero-order valence-corrected chi connectivity index (χ0v) is 11.9. The lowest BCUT2D eigenvalue weighted by molar-refractivity contribution is -0.144. The van der Waals surface area contributed by atoms with E-state index in [1.54, 1.807) is 18.1 Å². The summed E-state index contributed by atoms with van der Waals surface area (Å²) in [4.78, 5) is 25.7. The van der Waals surface area contributed by atoms with Gasteiger partial charge in [0.15, 0.2) is 0 Å². The molecule has 2 heterocycles. The fourth-order valence-electron chi connectivity index (χ4n) is 2.46. The number of nitrogens with zero attached hydrogens (tertiary/aromatic N) is 2. The Balaban J connectivity index is 2.02. The average molecular weight is 280 g/mol. The van der Waals surface area contributed by atoms with Crippen LogP contribution < -0.4 is 0 Å². The van der Waals surface area contributed by atoms with Crippen molar-refractivity contribution < 1.29 is 19.1 Å². The van der Waals surface area contributed by atoms with Crippen LogP contribution in [-0.2, 0) is 20.8 Å². The highest BCUT2D eigenvalue weighted by molar-refractivity contribution is 5.93. The molecule has 0 radical (unpaired) electrons. The maximum Gasteiger partial charge on any atom is 0.310 e. The summed E-state index contributed by atoms with van der Waals surface area (Å²) in [5, 5.41) is 0. The van der Waals surface area contributed by atoms with Crippen LogP contribution in [0.4, 0.5) is 0 Å². The predicted octanol–water partition coefficient (Wildman–Crippen LogP) is 0.770. The van der Waals surface area contributed by atoms with Crippen LogP contribution in [0.3, 0.4) is 0 Å². The first-order valence-corrected chi connectivity index (χ1v) is 6.68. The van der Waals surface area contributed by atoms with Gasteiger partial charge in [-0.05, 0) is 18.6 Å². The van der Waals surface area contributed by atoms with Crippen LogP contribution >= 0.6 is 0 Å². The summed E-state index contributed by atoms with van der Waals surface area (Å²) in [6.07, 6.45) is 2.53. The summed E-state index contributed by atoms with van der Waals surface area (Å²) < 4.78 is 11.6. The van der Waals surface area contributed by atoms with Crippen LogP contribution in [0, 0.1) is 5.92 Å². The number of rotatable bonds is 5. The summed E-state index contributed by atoms with van der Waals surface area (Å²) in [5.41, 5.74) is 0.632. The van der Waals surface area contributed by atoms with Crippen molar-refractivity contribution in [2.45, 2.75) is 13.0 Å². The molecule has 1 aliphatic heterocycles. The predicted molar refractivity (Wildman–Crippen MR) is 72.3 cm³/mol. The van der Waals surface area contributed by atoms with Gasteiger partial charge in [0, 0.05) is 32.9 Å². The van der Waals surface area contributed by atoms with E-state index in [2.05, 4.69) is 0 Å². The number of esters is 1. The van der Waals surface area contributed by atoms with E-state index in [-0.39, 0.29) is 17.8 Å². The molecule has 2 rings (SSSR count). The molecule has 0 N–H and O–H groups in total. The van der Waals surface area contributed by atoms with Crippen molar-refractivity contribution in [2.75, 3.05) is 33.9 Å². The number of carbonyl (C=O) groups excluding carboxylic acids is 2. The average Bonchev–Trinajstić information content (AvgIpc) is 3.12. The Labute approximate surface area is 118 Å². The first-order valence-electron chi connectivity index (χ1n) is 6.68. The molecule has 110 valence electrons. The first kappa shape index (κ1) is 14.6. The Morgan fingerprint density at radius 1 is 1.40 bits per heavy atom. The summed E-state index contributed by atoms with van der Waals surface area (Å²) in [5.74, 6) is -0.487. The molecule has 20 heavy (non-hydrogen) atoms. The highest BCUT2D eigenvalue weighted by atomic mass is 16.5. The Morgan fingerprint density at radius 2 is 2.20 bits per heavy atom. The van der Waals surface area contributed by atoms with Crippen LogP contribution in [0.25, 0.3) is 0 Å². The molecule has 1 unspecified atom stereocenters. The van der Waals surface area contributed by atoms with Gasteiger partial charge in [0.1, 0.15) is 5.69 Å². The van der Waals surface area contributed by atoms with Gasteiger partial charge in [0.2, 0.25) is 0 Å². The number of hydrogen-bond acceptors (Lipinski definition) is 4. The van der Waals surface area contributed by atoms with E-state index >= 15 is 0 Å². The largest absolute Gasteiger partial charge is 0.469 e. The van der Waals surface area contributed by atoms with Crippen molar-refractivity contribution in [1.82, 2.24) is 9.47 Å². The Bertz CT molecular complexity index is 483. The van der Waals surface area contributed by atoms with Crippen LogP contribution in [0.1, 0.15) is 16.9 Å². The minimum atomic E-state index is -0.241. The number of ether oxygens (including phenoxy) is 2. The van der Waals surface area contributed by atoms with Gasteiger partial charge < -0.3 is 18.9 Å². The van der Waals surface area contributed by atoms with E-state index in [9.17, 15) is 9.59 Å². The van der Waals surface area contributed by atoms with Crippen molar-refractivity contribution in [2.24, 2.45) is 5.92 Å². The number of carbonyl (C=O) groups is 2. The molecule has 1 amide bonds. The van der Waals surface area contributed by atoms with Crippen LogP contribution in [0.15, 0.2) is 18.3 Å². The molecule has 1 saturated heterocycles. The van der Waals surface area contributed by atoms with Crippen molar-refractivity contribution in [3.8, 4) is 0 Å². The van der Waals surface area contributed by atoms with Crippen molar-refractivity contribution >= 4 is 11.9 Å². The number of amides is 1. The van der Waals surface area contributed by atoms with Crippen molar-refractivity contribution in [3.63, 3.8) is 0 Å². The lowest BCUT2D eigenvalue weighted by Crippen LogP contribution is -2.31. The second-order valence-electron chi connectivity index (χ2n) is 4.84. The lowest BCUT2D eigenvalue weighted by atomic mass is 10.1. The number of methoxy groups -OCH3 is 2. The molecular formula is C14H20N2O4. The second kappa shape index (κ2) is 6.56. The van der Waals surface area contributed by atoms with E-state index in [0.717, 1.165) is 0 Å². The normalized spacial score (nSPS) is 18.3. The van der Waals surface area contributed by atoms with Gasteiger partial charge in [0.25, 0.3) is 5.91 Å². The molecule has 1 aliphatic rings. The van der Waals surface area contributed by atoms with E-state index < -0.39 is 0 Å². The van der Waals surface area contributed by atoms with Crippen molar-refractivity contribution in [1.29, 1.82) is 0 Å². The van der Waals surface area contributed by atoms with Crippen LogP contribution in [-0.4, -0.2) is 55.3 Å². The topological polar surface area (TPSA) is 60.8 Å². The van der Waals surface area contributed by atoms with E-state index in [0.29, 0.717) is 38.4 Å². The minimum absolute atomic E-state index is 0.0440. The molecule has 1 aromatic rings. The van der Waals surface area contributed by atoms with E-state index in [1.165, 1.54) is 7.11 Å². The number of likely N-dealkylation sites (tertiary alicyclic amines) is 1. The standard InChI is InChI=1S/C14H20N2O4/c1-19-9-8-15-6-3-4-12(15)13(17)16-7-5-11(10-16)14(18)20-2/h3-4,6,11H,5,7-10H2,1-2H3. The molecule has 1 atom stereocenters. The number of hydrogen-bond donors (Lipinski definition) is 0. The molecule has 0 aliphatic carbocycles.